The third-order valence-electron chi connectivity index (χ3n) is 6.04. The molecule has 10 heteroatoms. The summed E-state index contributed by atoms with van der Waals surface area (Å²) in [5.74, 6) is -0.682. The van der Waals surface area contributed by atoms with Crippen LogP contribution in [0, 0.1) is 5.82 Å². The van der Waals surface area contributed by atoms with E-state index >= 15 is 0 Å². The van der Waals surface area contributed by atoms with Crippen LogP contribution in [0.5, 0.6) is 0 Å². The summed E-state index contributed by atoms with van der Waals surface area (Å²) in [6.07, 6.45) is 9.49. The monoisotopic (exact) mass is 465 g/mol. The summed E-state index contributed by atoms with van der Waals surface area (Å²) in [5.41, 5.74) is 1.64. The Labute approximate surface area is 189 Å². The number of carbonyl (C=O) groups excluding carboxylic acids is 1. The van der Waals surface area contributed by atoms with Crippen LogP contribution >= 0.6 is 0 Å². The lowest BCUT2D eigenvalue weighted by molar-refractivity contribution is 0.0824. The molecule has 168 valence electrons. The van der Waals surface area contributed by atoms with Gasteiger partial charge in [0.25, 0.3) is 5.91 Å². The van der Waals surface area contributed by atoms with Gasteiger partial charge in [-0.25, -0.2) is 22.5 Å². The first kappa shape index (κ1) is 21.2. The number of rotatable bonds is 5. The summed E-state index contributed by atoms with van der Waals surface area (Å²) in [4.78, 5) is 21.5. The largest absolute Gasteiger partial charge is 0.342 e. The molecule has 1 fully saturated rings. The topological polar surface area (TPSA) is 107 Å². The molecule has 1 aliphatic carbocycles. The standard InChI is InChI=1S/C23H20FN5O3S/c1-33(31,32)21-11-15(7-10-26-21)23(8-2-9-23)28-22(30)19-12-25-14-20-18(19)13-27-29(20)17-5-3-16(24)4-6-17/h3-7,10-14H,2,8-9H2,1H3,(H,28,30). The van der Waals surface area contributed by atoms with Crippen LogP contribution in [0.3, 0.4) is 0 Å². The fraction of sp³-hybridized carbons (Fsp3) is 0.217. The SMILES string of the molecule is CS(=O)(=O)c1cc(C2(NC(=O)c3cncc4c3cnn4-c3ccc(F)cc3)CCC2)ccn1. The molecule has 3 heterocycles. The summed E-state index contributed by atoms with van der Waals surface area (Å²) in [6.45, 7) is 0. The van der Waals surface area contributed by atoms with Gasteiger partial charge in [0, 0.05) is 24.0 Å². The molecule has 0 radical (unpaired) electrons. The number of hydrogen-bond donors (Lipinski definition) is 1. The van der Waals surface area contributed by atoms with Crippen LogP contribution in [-0.4, -0.2) is 40.3 Å². The second-order valence-corrected chi connectivity index (χ2v) is 10.2. The molecule has 1 aliphatic rings. The molecule has 0 bridgehead atoms. The molecule has 0 saturated heterocycles. The van der Waals surface area contributed by atoms with Gasteiger partial charge in [0.1, 0.15) is 5.82 Å². The van der Waals surface area contributed by atoms with Gasteiger partial charge in [0.2, 0.25) is 0 Å². The molecule has 5 rings (SSSR count). The van der Waals surface area contributed by atoms with Gasteiger partial charge < -0.3 is 5.32 Å². The number of aromatic nitrogens is 4. The normalized spacial score (nSPS) is 15.2. The molecule has 33 heavy (non-hydrogen) atoms. The van der Waals surface area contributed by atoms with Crippen LogP contribution in [0.15, 0.2) is 66.2 Å². The number of pyridine rings is 2. The highest BCUT2D eigenvalue weighted by Crippen LogP contribution is 2.42. The summed E-state index contributed by atoms with van der Waals surface area (Å²) < 4.78 is 38.8. The smallest absolute Gasteiger partial charge is 0.254 e. The first-order valence-corrected chi connectivity index (χ1v) is 12.2. The third kappa shape index (κ3) is 3.76. The van der Waals surface area contributed by atoms with Gasteiger partial charge in [-0.1, -0.05) is 0 Å². The summed E-state index contributed by atoms with van der Waals surface area (Å²) in [5, 5.41) is 8.05. The van der Waals surface area contributed by atoms with E-state index in [2.05, 4.69) is 20.4 Å². The molecule has 1 N–H and O–H groups in total. The number of nitrogens with zero attached hydrogens (tertiary/aromatic N) is 4. The van der Waals surface area contributed by atoms with Crippen LogP contribution in [0.1, 0.15) is 35.2 Å². The van der Waals surface area contributed by atoms with Crippen LogP contribution < -0.4 is 5.32 Å². The highest BCUT2D eigenvalue weighted by molar-refractivity contribution is 7.90. The molecular weight excluding hydrogens is 445 g/mol. The molecule has 4 aromatic rings. The Morgan fingerprint density at radius 3 is 2.55 bits per heavy atom. The molecule has 3 aromatic heterocycles. The Morgan fingerprint density at radius 1 is 1.12 bits per heavy atom. The second-order valence-electron chi connectivity index (χ2n) is 8.20. The molecule has 0 spiro atoms. The first-order chi connectivity index (χ1) is 15.8. The lowest BCUT2D eigenvalue weighted by atomic mass is 9.72. The van der Waals surface area contributed by atoms with Crippen molar-refractivity contribution in [3.05, 3.63) is 78.1 Å². The number of carbonyl (C=O) groups is 1. The number of sulfone groups is 1. The van der Waals surface area contributed by atoms with E-state index in [9.17, 15) is 17.6 Å². The Hall–Kier alpha value is -3.66. The van der Waals surface area contributed by atoms with Crippen LogP contribution in [-0.2, 0) is 15.4 Å². The molecule has 1 aromatic carbocycles. The van der Waals surface area contributed by atoms with Gasteiger partial charge in [-0.05, 0) is 61.2 Å². The van der Waals surface area contributed by atoms with Gasteiger partial charge in [0.15, 0.2) is 14.9 Å². The molecular formula is C23H20FN5O3S. The van der Waals surface area contributed by atoms with Crippen molar-refractivity contribution < 1.29 is 17.6 Å². The molecule has 1 amide bonds. The van der Waals surface area contributed by atoms with E-state index in [1.807, 2.05) is 0 Å². The minimum Gasteiger partial charge on any atom is -0.342 e. The maximum absolute atomic E-state index is 13.3. The third-order valence-corrected chi connectivity index (χ3v) is 7.02. The van der Waals surface area contributed by atoms with E-state index in [-0.39, 0.29) is 16.8 Å². The highest BCUT2D eigenvalue weighted by Gasteiger charge is 2.41. The van der Waals surface area contributed by atoms with Crippen molar-refractivity contribution in [3.63, 3.8) is 0 Å². The fourth-order valence-corrected chi connectivity index (χ4v) is 4.71. The molecule has 0 atom stereocenters. The Morgan fingerprint density at radius 2 is 1.88 bits per heavy atom. The lowest BCUT2D eigenvalue weighted by Gasteiger charge is -2.43. The zero-order valence-electron chi connectivity index (χ0n) is 17.7. The number of nitrogens with one attached hydrogen (secondary N) is 1. The van der Waals surface area contributed by atoms with E-state index in [0.717, 1.165) is 12.7 Å². The quantitative estimate of drug-likeness (QED) is 0.485. The number of hydrogen-bond acceptors (Lipinski definition) is 6. The van der Waals surface area contributed by atoms with E-state index in [1.54, 1.807) is 35.3 Å². The van der Waals surface area contributed by atoms with Gasteiger partial charge >= 0.3 is 0 Å². The molecule has 8 nitrogen and oxygen atoms in total. The van der Waals surface area contributed by atoms with E-state index in [0.29, 0.717) is 40.6 Å². The van der Waals surface area contributed by atoms with Crippen molar-refractivity contribution in [1.82, 2.24) is 25.1 Å². The first-order valence-electron chi connectivity index (χ1n) is 10.3. The summed E-state index contributed by atoms with van der Waals surface area (Å²) >= 11 is 0. The van der Waals surface area contributed by atoms with Crippen LogP contribution in [0.4, 0.5) is 4.39 Å². The van der Waals surface area contributed by atoms with Crippen molar-refractivity contribution in [2.75, 3.05) is 6.26 Å². The zero-order chi connectivity index (χ0) is 23.2. The predicted molar refractivity (Wildman–Crippen MR) is 119 cm³/mol. The number of fused-ring (bicyclic) bond motifs is 1. The van der Waals surface area contributed by atoms with Crippen LogP contribution in [0.2, 0.25) is 0 Å². The number of halogens is 1. The van der Waals surface area contributed by atoms with Gasteiger partial charge in [0.05, 0.1) is 34.7 Å². The van der Waals surface area contributed by atoms with Gasteiger partial charge in [-0.2, -0.15) is 5.10 Å². The van der Waals surface area contributed by atoms with Crippen molar-refractivity contribution in [2.24, 2.45) is 0 Å². The lowest BCUT2D eigenvalue weighted by Crippen LogP contribution is -2.51. The Kier molecular flexibility index (Phi) is 4.97. The van der Waals surface area contributed by atoms with Gasteiger partial charge in [-0.3, -0.25) is 9.78 Å². The van der Waals surface area contributed by atoms with Crippen molar-refractivity contribution in [2.45, 2.75) is 29.8 Å². The molecule has 0 unspecified atom stereocenters. The minimum absolute atomic E-state index is 0.0233. The minimum atomic E-state index is -3.47. The van der Waals surface area contributed by atoms with Gasteiger partial charge in [-0.15, -0.1) is 0 Å². The van der Waals surface area contributed by atoms with E-state index in [1.165, 1.54) is 30.6 Å². The van der Waals surface area contributed by atoms with Crippen molar-refractivity contribution in [1.29, 1.82) is 0 Å². The van der Waals surface area contributed by atoms with E-state index < -0.39 is 15.4 Å². The highest BCUT2D eigenvalue weighted by atomic mass is 32.2. The average Bonchev–Trinajstić information content (AvgIpc) is 3.20. The summed E-state index contributed by atoms with van der Waals surface area (Å²) in [7, 11) is -3.47. The predicted octanol–water partition coefficient (Wildman–Crippen LogP) is 3.17. The average molecular weight is 466 g/mol. The zero-order valence-corrected chi connectivity index (χ0v) is 18.5. The molecule has 0 aliphatic heterocycles. The number of amides is 1. The second kappa shape index (κ2) is 7.73. The summed E-state index contributed by atoms with van der Waals surface area (Å²) in [6, 6.07) is 9.14. The van der Waals surface area contributed by atoms with Crippen LogP contribution in [0.25, 0.3) is 16.6 Å². The maximum atomic E-state index is 13.3. The Balaban J connectivity index is 1.50. The van der Waals surface area contributed by atoms with Crippen molar-refractivity contribution in [3.8, 4) is 5.69 Å². The number of benzene rings is 1. The fourth-order valence-electron chi connectivity index (χ4n) is 4.12. The van der Waals surface area contributed by atoms with Crippen molar-refractivity contribution >= 4 is 26.6 Å². The molecule has 1 saturated carbocycles. The Bertz CT molecular complexity index is 1480. The maximum Gasteiger partial charge on any atom is 0.254 e. The van der Waals surface area contributed by atoms with E-state index in [4.69, 9.17) is 0 Å².